The second-order valence-corrected chi connectivity index (χ2v) is 8.10. The molecule has 0 bridgehead atoms. The van der Waals surface area contributed by atoms with Crippen LogP contribution in [0, 0.1) is 0 Å². The highest BCUT2D eigenvalue weighted by Crippen LogP contribution is 2.32. The fourth-order valence-corrected chi connectivity index (χ4v) is 4.18. The van der Waals surface area contributed by atoms with Gasteiger partial charge in [0.15, 0.2) is 0 Å². The van der Waals surface area contributed by atoms with E-state index in [1.807, 2.05) is 12.1 Å². The summed E-state index contributed by atoms with van der Waals surface area (Å²) in [4.78, 5) is 13.3. The van der Waals surface area contributed by atoms with E-state index in [0.717, 1.165) is 21.0 Å². The molecule has 0 saturated heterocycles. The van der Waals surface area contributed by atoms with E-state index >= 15 is 0 Å². The van der Waals surface area contributed by atoms with Crippen LogP contribution in [0.5, 0.6) is 5.75 Å². The van der Waals surface area contributed by atoms with E-state index in [1.54, 1.807) is 48.9 Å². The van der Waals surface area contributed by atoms with E-state index < -0.39 is 10.1 Å². The van der Waals surface area contributed by atoms with Crippen molar-refractivity contribution in [1.82, 2.24) is 15.0 Å². The Hall–Kier alpha value is -3.10. The second-order valence-electron chi connectivity index (χ2n) is 5.52. The molecule has 134 valence electrons. The Bertz CT molecular complexity index is 1140. The fraction of sp³-hybridized carbons (Fsp3) is 0. The first-order chi connectivity index (χ1) is 13.1. The van der Waals surface area contributed by atoms with Gasteiger partial charge in [-0.1, -0.05) is 0 Å². The number of nitrogens with zero attached hydrogens (tertiary/aromatic N) is 3. The Morgan fingerprint density at radius 2 is 1.56 bits per heavy atom. The lowest BCUT2D eigenvalue weighted by Crippen LogP contribution is -2.09. The topological polar surface area (TPSA) is 82.0 Å². The molecule has 0 N–H and O–H groups in total. The van der Waals surface area contributed by atoms with E-state index in [4.69, 9.17) is 4.18 Å². The molecule has 0 radical (unpaired) electrons. The van der Waals surface area contributed by atoms with Crippen molar-refractivity contribution in [2.24, 2.45) is 0 Å². The summed E-state index contributed by atoms with van der Waals surface area (Å²) in [6, 6.07) is 13.6. The van der Waals surface area contributed by atoms with Gasteiger partial charge in [0.25, 0.3) is 0 Å². The summed E-state index contributed by atoms with van der Waals surface area (Å²) in [7, 11) is -3.90. The van der Waals surface area contributed by atoms with Crippen molar-refractivity contribution in [1.29, 1.82) is 0 Å². The Morgan fingerprint density at radius 1 is 0.815 bits per heavy atom. The van der Waals surface area contributed by atoms with Gasteiger partial charge in [0.1, 0.15) is 15.7 Å². The van der Waals surface area contributed by atoms with Crippen molar-refractivity contribution >= 4 is 21.5 Å². The number of pyridine rings is 2. The smallest absolute Gasteiger partial charge is 0.340 e. The van der Waals surface area contributed by atoms with E-state index in [0.29, 0.717) is 0 Å². The second kappa shape index (κ2) is 7.26. The maximum atomic E-state index is 12.2. The maximum Gasteiger partial charge on any atom is 0.340 e. The van der Waals surface area contributed by atoms with Crippen LogP contribution < -0.4 is 4.18 Å². The summed E-state index contributed by atoms with van der Waals surface area (Å²) in [5, 5.41) is 0.873. The summed E-state index contributed by atoms with van der Waals surface area (Å²) in [6.45, 7) is 0. The predicted molar refractivity (Wildman–Crippen MR) is 103 cm³/mol. The van der Waals surface area contributed by atoms with Crippen LogP contribution >= 0.6 is 11.3 Å². The minimum absolute atomic E-state index is 0.0117. The van der Waals surface area contributed by atoms with Crippen LogP contribution in [0.15, 0.2) is 84.4 Å². The number of aromatic nitrogens is 3. The van der Waals surface area contributed by atoms with Gasteiger partial charge in [-0.05, 0) is 54.1 Å². The zero-order valence-corrected chi connectivity index (χ0v) is 15.5. The third-order valence-electron chi connectivity index (χ3n) is 3.68. The van der Waals surface area contributed by atoms with Gasteiger partial charge in [0.2, 0.25) is 0 Å². The molecule has 0 unspecified atom stereocenters. The van der Waals surface area contributed by atoms with Gasteiger partial charge in [-0.15, -0.1) is 11.3 Å². The highest BCUT2D eigenvalue weighted by atomic mass is 32.2. The van der Waals surface area contributed by atoms with E-state index in [2.05, 4.69) is 15.0 Å². The molecular weight excluding hydrogens is 382 g/mol. The Kier molecular flexibility index (Phi) is 4.66. The van der Waals surface area contributed by atoms with Gasteiger partial charge in [-0.2, -0.15) is 8.42 Å². The van der Waals surface area contributed by atoms with Crippen LogP contribution in [-0.2, 0) is 10.1 Å². The van der Waals surface area contributed by atoms with Crippen molar-refractivity contribution in [2.45, 2.75) is 4.90 Å². The quantitative estimate of drug-likeness (QED) is 0.475. The van der Waals surface area contributed by atoms with Crippen LogP contribution in [0.25, 0.3) is 21.0 Å². The first-order valence-electron chi connectivity index (χ1n) is 7.93. The molecule has 4 aromatic rings. The molecule has 0 amide bonds. The molecule has 0 spiro atoms. The zero-order valence-electron chi connectivity index (χ0n) is 13.9. The van der Waals surface area contributed by atoms with E-state index in [-0.39, 0.29) is 10.6 Å². The van der Waals surface area contributed by atoms with Gasteiger partial charge < -0.3 is 4.18 Å². The number of rotatable bonds is 5. The van der Waals surface area contributed by atoms with E-state index in [9.17, 15) is 8.42 Å². The molecule has 27 heavy (non-hydrogen) atoms. The molecule has 0 aliphatic heterocycles. The lowest BCUT2D eigenvalue weighted by molar-refractivity contribution is 0.485. The number of hydrogen-bond donors (Lipinski definition) is 0. The molecule has 0 aliphatic carbocycles. The average molecular weight is 395 g/mol. The minimum atomic E-state index is -3.90. The van der Waals surface area contributed by atoms with Crippen molar-refractivity contribution in [3.63, 3.8) is 0 Å². The third-order valence-corrected chi connectivity index (χ3v) is 6.01. The molecule has 3 heterocycles. The maximum absolute atomic E-state index is 12.2. The SMILES string of the molecule is O=S(=O)(Oc1ccc(-c2cnc(-c3cccnc3)s2)cc1)c1cccnc1. The Morgan fingerprint density at radius 3 is 2.22 bits per heavy atom. The highest BCUT2D eigenvalue weighted by Gasteiger charge is 2.16. The Labute approximate surface area is 160 Å². The van der Waals surface area contributed by atoms with Gasteiger partial charge in [-0.3, -0.25) is 9.97 Å². The molecule has 0 atom stereocenters. The number of thiazole rings is 1. The van der Waals surface area contributed by atoms with Gasteiger partial charge in [0.05, 0.1) is 4.88 Å². The summed E-state index contributed by atoms with van der Waals surface area (Å²) < 4.78 is 29.6. The fourth-order valence-electron chi connectivity index (χ4n) is 2.37. The third kappa shape index (κ3) is 3.86. The van der Waals surface area contributed by atoms with Gasteiger partial charge in [0, 0.05) is 36.5 Å². The molecule has 4 rings (SSSR count). The highest BCUT2D eigenvalue weighted by molar-refractivity contribution is 7.87. The van der Waals surface area contributed by atoms with Gasteiger partial charge in [-0.25, -0.2) is 4.98 Å². The van der Waals surface area contributed by atoms with Crippen molar-refractivity contribution in [3.8, 4) is 26.8 Å². The van der Waals surface area contributed by atoms with Gasteiger partial charge >= 0.3 is 10.1 Å². The largest absolute Gasteiger partial charge is 0.379 e. The normalized spacial score (nSPS) is 11.3. The monoisotopic (exact) mass is 395 g/mol. The lowest BCUT2D eigenvalue weighted by atomic mass is 10.2. The van der Waals surface area contributed by atoms with Crippen LogP contribution in [-0.4, -0.2) is 23.4 Å². The predicted octanol–water partition coefficient (Wildman–Crippen LogP) is 4.03. The molecule has 6 nitrogen and oxygen atoms in total. The minimum Gasteiger partial charge on any atom is -0.379 e. The number of benzene rings is 1. The number of hydrogen-bond acceptors (Lipinski definition) is 7. The van der Waals surface area contributed by atoms with Crippen LogP contribution in [0.3, 0.4) is 0 Å². The summed E-state index contributed by atoms with van der Waals surface area (Å²) in [6.07, 6.45) is 8.03. The van der Waals surface area contributed by atoms with Crippen molar-refractivity contribution < 1.29 is 12.6 Å². The molecule has 0 aliphatic rings. The zero-order chi connectivity index (χ0) is 18.7. The van der Waals surface area contributed by atoms with Crippen LogP contribution in [0.1, 0.15) is 0 Å². The van der Waals surface area contributed by atoms with Crippen LogP contribution in [0.2, 0.25) is 0 Å². The standard InChI is InChI=1S/C19H13N3O3S2/c23-27(24,17-4-2-10-21-12-17)25-16-7-5-14(6-8-16)18-13-22-19(26-18)15-3-1-9-20-11-15/h1-13H. The first kappa shape index (κ1) is 17.3. The van der Waals surface area contributed by atoms with Crippen molar-refractivity contribution in [3.05, 3.63) is 79.5 Å². The summed E-state index contributed by atoms with van der Waals surface area (Å²) >= 11 is 1.54. The Balaban J connectivity index is 1.54. The average Bonchev–Trinajstić information content (AvgIpc) is 3.20. The molecule has 3 aromatic heterocycles. The summed E-state index contributed by atoms with van der Waals surface area (Å²) in [5.41, 5.74) is 1.88. The summed E-state index contributed by atoms with van der Waals surface area (Å²) in [5.74, 6) is 0.236. The molecule has 0 fully saturated rings. The van der Waals surface area contributed by atoms with Crippen LogP contribution in [0.4, 0.5) is 0 Å². The van der Waals surface area contributed by atoms with E-state index in [1.165, 1.54) is 29.8 Å². The molecule has 8 heteroatoms. The lowest BCUT2D eigenvalue weighted by Gasteiger charge is -2.07. The first-order valence-corrected chi connectivity index (χ1v) is 10.2. The molecule has 0 saturated carbocycles. The molecule has 1 aromatic carbocycles. The van der Waals surface area contributed by atoms with Crippen molar-refractivity contribution in [2.75, 3.05) is 0 Å². The molecular formula is C19H13N3O3S2.